The van der Waals surface area contributed by atoms with Crippen molar-refractivity contribution in [1.82, 2.24) is 24.5 Å². The van der Waals surface area contributed by atoms with Gasteiger partial charge in [-0.3, -0.25) is 0 Å². The van der Waals surface area contributed by atoms with Crippen LogP contribution in [0.4, 0.5) is 0 Å². The standard InChI is InChI=1S/C26H24N6O/c1-33-23-13-11-19(12-14-23)25-21(18-32(30-25)22-8-4-2-5-9-22)16-20(17-27)26-29-28-24-10-6-3-7-15-31(24)26/h2,4-5,8-9,11-14,16,18H,3,6-7,10,15H2,1H3. The first-order valence-electron chi connectivity index (χ1n) is 11.1. The van der Waals surface area contributed by atoms with Gasteiger partial charge in [-0.05, 0) is 55.3 Å². The number of aryl methyl sites for hydroxylation is 1. The molecule has 1 aliphatic rings. The molecule has 3 heterocycles. The van der Waals surface area contributed by atoms with Crippen LogP contribution in [-0.4, -0.2) is 31.7 Å². The van der Waals surface area contributed by atoms with E-state index in [0.29, 0.717) is 11.4 Å². The summed E-state index contributed by atoms with van der Waals surface area (Å²) in [6.07, 6.45) is 8.06. The molecule has 0 bridgehead atoms. The third kappa shape index (κ3) is 4.15. The van der Waals surface area contributed by atoms with Crippen molar-refractivity contribution in [2.24, 2.45) is 0 Å². The van der Waals surface area contributed by atoms with Crippen molar-refractivity contribution in [2.75, 3.05) is 7.11 Å². The highest BCUT2D eigenvalue weighted by molar-refractivity contribution is 5.90. The number of fused-ring (bicyclic) bond motifs is 1. The number of hydrogen-bond donors (Lipinski definition) is 0. The summed E-state index contributed by atoms with van der Waals surface area (Å²) in [6, 6.07) is 20.1. The number of ether oxygens (including phenoxy) is 1. The molecular weight excluding hydrogens is 412 g/mol. The molecule has 164 valence electrons. The maximum absolute atomic E-state index is 10.0. The highest BCUT2D eigenvalue weighted by Gasteiger charge is 2.19. The van der Waals surface area contributed by atoms with Crippen molar-refractivity contribution in [3.8, 4) is 28.8 Å². The Morgan fingerprint density at radius 2 is 1.85 bits per heavy atom. The van der Waals surface area contributed by atoms with Crippen LogP contribution < -0.4 is 4.74 Å². The van der Waals surface area contributed by atoms with Crippen molar-refractivity contribution in [3.63, 3.8) is 0 Å². The molecule has 2 aromatic heterocycles. The maximum atomic E-state index is 10.0. The smallest absolute Gasteiger partial charge is 0.174 e. The second-order valence-electron chi connectivity index (χ2n) is 8.01. The third-order valence-electron chi connectivity index (χ3n) is 5.90. The Kier molecular flexibility index (Phi) is 5.73. The van der Waals surface area contributed by atoms with Gasteiger partial charge in [0.25, 0.3) is 0 Å². The van der Waals surface area contributed by atoms with Gasteiger partial charge in [0.15, 0.2) is 5.82 Å². The summed E-state index contributed by atoms with van der Waals surface area (Å²) >= 11 is 0. The summed E-state index contributed by atoms with van der Waals surface area (Å²) in [4.78, 5) is 0. The molecule has 2 aromatic carbocycles. The number of nitriles is 1. The minimum Gasteiger partial charge on any atom is -0.497 e. The molecule has 0 atom stereocenters. The number of benzene rings is 2. The number of nitrogens with zero attached hydrogens (tertiary/aromatic N) is 6. The average Bonchev–Trinajstić information content (AvgIpc) is 3.40. The third-order valence-corrected chi connectivity index (χ3v) is 5.90. The second kappa shape index (κ2) is 9.13. The van der Waals surface area contributed by atoms with Crippen LogP contribution in [0.2, 0.25) is 0 Å². The lowest BCUT2D eigenvalue weighted by Gasteiger charge is -2.06. The SMILES string of the molecule is COc1ccc(-c2nn(-c3ccccc3)cc2C=C(C#N)c2nnc3n2CCCCC3)cc1. The molecule has 0 spiro atoms. The molecule has 0 fully saturated rings. The van der Waals surface area contributed by atoms with Crippen LogP contribution in [0.25, 0.3) is 28.6 Å². The molecule has 1 aliphatic heterocycles. The van der Waals surface area contributed by atoms with Crippen LogP contribution in [0.15, 0.2) is 60.8 Å². The lowest BCUT2D eigenvalue weighted by Crippen LogP contribution is -2.05. The van der Waals surface area contributed by atoms with Crippen molar-refractivity contribution >= 4 is 11.6 Å². The minimum absolute atomic E-state index is 0.484. The van der Waals surface area contributed by atoms with Crippen LogP contribution in [-0.2, 0) is 13.0 Å². The molecule has 0 radical (unpaired) electrons. The van der Waals surface area contributed by atoms with Gasteiger partial charge in [0, 0.05) is 30.3 Å². The Hall–Kier alpha value is -4.18. The zero-order chi connectivity index (χ0) is 22.6. The predicted octanol–water partition coefficient (Wildman–Crippen LogP) is 4.93. The molecule has 7 heteroatoms. The molecule has 33 heavy (non-hydrogen) atoms. The van der Waals surface area contributed by atoms with E-state index in [-0.39, 0.29) is 0 Å². The first kappa shape index (κ1) is 20.7. The highest BCUT2D eigenvalue weighted by atomic mass is 16.5. The Morgan fingerprint density at radius 3 is 2.61 bits per heavy atom. The largest absolute Gasteiger partial charge is 0.497 e. The summed E-state index contributed by atoms with van der Waals surface area (Å²) in [5.41, 5.74) is 3.99. The monoisotopic (exact) mass is 436 g/mol. The van der Waals surface area contributed by atoms with Gasteiger partial charge in [-0.15, -0.1) is 10.2 Å². The first-order chi connectivity index (χ1) is 16.3. The topological polar surface area (TPSA) is 81.6 Å². The number of aromatic nitrogens is 5. The number of allylic oxidation sites excluding steroid dienone is 1. The van der Waals surface area contributed by atoms with Crippen LogP contribution in [0.1, 0.15) is 36.5 Å². The van der Waals surface area contributed by atoms with E-state index in [4.69, 9.17) is 9.84 Å². The van der Waals surface area contributed by atoms with Crippen molar-refractivity contribution in [2.45, 2.75) is 32.2 Å². The van der Waals surface area contributed by atoms with Gasteiger partial charge in [0.1, 0.15) is 17.6 Å². The van der Waals surface area contributed by atoms with Crippen molar-refractivity contribution in [3.05, 3.63) is 78.0 Å². The molecular formula is C26H24N6O. The fourth-order valence-electron chi connectivity index (χ4n) is 4.17. The summed E-state index contributed by atoms with van der Waals surface area (Å²) in [7, 11) is 1.65. The van der Waals surface area contributed by atoms with E-state index in [0.717, 1.165) is 59.9 Å². The molecule has 0 aliphatic carbocycles. The van der Waals surface area contributed by atoms with E-state index >= 15 is 0 Å². The zero-order valence-corrected chi connectivity index (χ0v) is 18.5. The Bertz CT molecular complexity index is 1330. The summed E-state index contributed by atoms with van der Waals surface area (Å²) < 4.78 is 9.24. The summed E-state index contributed by atoms with van der Waals surface area (Å²) in [5.74, 6) is 2.36. The van der Waals surface area contributed by atoms with Crippen LogP contribution in [0.5, 0.6) is 5.75 Å². The van der Waals surface area contributed by atoms with Gasteiger partial charge in [0.05, 0.1) is 24.1 Å². The Morgan fingerprint density at radius 1 is 1.03 bits per heavy atom. The molecule has 7 nitrogen and oxygen atoms in total. The quantitative estimate of drug-likeness (QED) is 0.414. The van der Waals surface area contributed by atoms with Gasteiger partial charge in [-0.25, -0.2) is 4.68 Å². The molecule has 0 unspecified atom stereocenters. The average molecular weight is 437 g/mol. The fraction of sp³-hybridized carbons (Fsp3) is 0.231. The summed E-state index contributed by atoms with van der Waals surface area (Å²) in [6.45, 7) is 0.839. The Balaban J connectivity index is 1.63. The molecule has 0 saturated heterocycles. The first-order valence-corrected chi connectivity index (χ1v) is 11.1. The van der Waals surface area contributed by atoms with Gasteiger partial charge < -0.3 is 9.30 Å². The van der Waals surface area contributed by atoms with E-state index < -0.39 is 0 Å². The number of methoxy groups -OCH3 is 1. The van der Waals surface area contributed by atoms with Gasteiger partial charge in [-0.2, -0.15) is 10.4 Å². The van der Waals surface area contributed by atoms with Gasteiger partial charge >= 0.3 is 0 Å². The van der Waals surface area contributed by atoms with Crippen LogP contribution >= 0.6 is 0 Å². The molecule has 0 amide bonds. The second-order valence-corrected chi connectivity index (χ2v) is 8.01. The van der Waals surface area contributed by atoms with E-state index in [2.05, 4.69) is 20.8 Å². The molecule has 0 N–H and O–H groups in total. The molecule has 0 saturated carbocycles. The van der Waals surface area contributed by atoms with E-state index in [1.54, 1.807) is 7.11 Å². The summed E-state index contributed by atoms with van der Waals surface area (Å²) in [5, 5.41) is 23.6. The van der Waals surface area contributed by atoms with Crippen molar-refractivity contribution < 1.29 is 4.74 Å². The maximum Gasteiger partial charge on any atom is 0.174 e. The molecule has 5 rings (SSSR count). The number of rotatable bonds is 5. The lowest BCUT2D eigenvalue weighted by molar-refractivity contribution is 0.415. The van der Waals surface area contributed by atoms with E-state index in [9.17, 15) is 5.26 Å². The number of hydrogen-bond acceptors (Lipinski definition) is 5. The predicted molar refractivity (Wildman–Crippen MR) is 127 cm³/mol. The van der Waals surface area contributed by atoms with Gasteiger partial charge in [0.2, 0.25) is 0 Å². The lowest BCUT2D eigenvalue weighted by atomic mass is 10.1. The fourth-order valence-corrected chi connectivity index (χ4v) is 4.17. The van der Waals surface area contributed by atoms with Crippen LogP contribution in [0, 0.1) is 11.3 Å². The van der Waals surface area contributed by atoms with Crippen molar-refractivity contribution in [1.29, 1.82) is 5.26 Å². The Labute approximate surface area is 192 Å². The van der Waals surface area contributed by atoms with E-state index in [1.165, 1.54) is 6.42 Å². The van der Waals surface area contributed by atoms with Gasteiger partial charge in [-0.1, -0.05) is 24.6 Å². The van der Waals surface area contributed by atoms with E-state index in [1.807, 2.05) is 71.6 Å². The normalized spacial score (nSPS) is 13.8. The highest BCUT2D eigenvalue weighted by Crippen LogP contribution is 2.29. The van der Waals surface area contributed by atoms with Crippen LogP contribution in [0.3, 0.4) is 0 Å². The molecule has 4 aromatic rings. The number of para-hydroxylation sites is 1. The minimum atomic E-state index is 0.484. The zero-order valence-electron chi connectivity index (χ0n) is 18.5.